The van der Waals surface area contributed by atoms with Gasteiger partial charge in [-0.3, -0.25) is 4.79 Å². The minimum atomic E-state index is -5.05. The molecule has 0 saturated carbocycles. The van der Waals surface area contributed by atoms with Crippen molar-refractivity contribution in [2.75, 3.05) is 21.3 Å². The van der Waals surface area contributed by atoms with Crippen molar-refractivity contribution in [2.24, 2.45) is 0 Å². The van der Waals surface area contributed by atoms with E-state index in [9.17, 15) is 22.8 Å². The average Bonchev–Trinajstić information content (AvgIpc) is 2.89. The van der Waals surface area contributed by atoms with E-state index in [1.54, 1.807) is 0 Å². The van der Waals surface area contributed by atoms with Gasteiger partial charge >= 0.3 is 12.1 Å². The fourth-order valence-corrected chi connectivity index (χ4v) is 3.39. The first-order valence-corrected chi connectivity index (χ1v) is 10.6. The van der Waals surface area contributed by atoms with Crippen molar-refractivity contribution in [1.82, 2.24) is 0 Å². The third-order valence-corrected chi connectivity index (χ3v) is 5.19. The molecule has 192 valence electrons. The summed E-state index contributed by atoms with van der Waals surface area (Å²) in [7, 11) is 4.25. The lowest BCUT2D eigenvalue weighted by molar-refractivity contribution is -0.154. The maximum Gasteiger partial charge on any atom is 0.453 e. The molecule has 4 aromatic rings. The third kappa shape index (κ3) is 5.30. The molecule has 0 saturated heterocycles. The summed E-state index contributed by atoms with van der Waals surface area (Å²) in [5.41, 5.74) is -1.41. The highest BCUT2D eigenvalue weighted by molar-refractivity contribution is 5.92. The van der Waals surface area contributed by atoms with E-state index in [0.29, 0.717) is 11.5 Å². The molecule has 0 spiro atoms. The number of fused-ring (bicyclic) bond motifs is 1. The summed E-state index contributed by atoms with van der Waals surface area (Å²) in [6, 6.07) is 13.4. The summed E-state index contributed by atoms with van der Waals surface area (Å²) in [4.78, 5) is 25.6. The van der Waals surface area contributed by atoms with Gasteiger partial charge in [0.15, 0.2) is 11.5 Å². The van der Waals surface area contributed by atoms with Gasteiger partial charge in [0.1, 0.15) is 22.8 Å². The van der Waals surface area contributed by atoms with Gasteiger partial charge in [-0.05, 0) is 54.6 Å². The molecule has 0 N–H and O–H groups in total. The molecule has 0 aliphatic heterocycles. The lowest BCUT2D eigenvalue weighted by Crippen LogP contribution is -2.15. The minimum Gasteiger partial charge on any atom is -0.497 e. The predicted octanol–water partition coefficient (Wildman–Crippen LogP) is 5.85. The van der Waals surface area contributed by atoms with E-state index in [4.69, 9.17) is 28.1 Å². The number of hydrogen-bond donors (Lipinski definition) is 0. The van der Waals surface area contributed by atoms with E-state index in [-0.39, 0.29) is 28.2 Å². The number of carbonyl (C=O) groups is 1. The quantitative estimate of drug-likeness (QED) is 0.223. The summed E-state index contributed by atoms with van der Waals surface area (Å²) in [6.45, 7) is 0. The van der Waals surface area contributed by atoms with Gasteiger partial charge in [0.05, 0.1) is 32.3 Å². The van der Waals surface area contributed by atoms with Gasteiger partial charge in [0, 0.05) is 6.07 Å². The van der Waals surface area contributed by atoms with E-state index in [1.165, 1.54) is 75.9 Å². The molecule has 37 heavy (non-hydrogen) atoms. The van der Waals surface area contributed by atoms with Crippen LogP contribution in [-0.2, 0) is 6.18 Å². The molecule has 0 aliphatic carbocycles. The Morgan fingerprint density at radius 2 is 1.43 bits per heavy atom. The minimum absolute atomic E-state index is 0.0292. The third-order valence-electron chi connectivity index (χ3n) is 5.19. The van der Waals surface area contributed by atoms with Crippen LogP contribution in [-0.4, -0.2) is 27.3 Å². The van der Waals surface area contributed by atoms with Gasteiger partial charge in [-0.25, -0.2) is 4.79 Å². The number of alkyl halides is 3. The van der Waals surface area contributed by atoms with Gasteiger partial charge in [-0.15, -0.1) is 0 Å². The topological polar surface area (TPSA) is 93.4 Å². The standard InChI is InChI=1S/C26H19F3O8/c1-32-15-5-7-16(8-6-15)35-23-22(30)18-10-9-17(13-20(18)37-24(23)26(27,28)29)36-25(31)14-4-11-19(33-2)21(12-14)34-3/h4-13H,1-3H3. The maximum absolute atomic E-state index is 13.8. The zero-order chi connectivity index (χ0) is 26.7. The van der Waals surface area contributed by atoms with E-state index < -0.39 is 34.7 Å². The van der Waals surface area contributed by atoms with Crippen LogP contribution in [0.15, 0.2) is 69.9 Å². The smallest absolute Gasteiger partial charge is 0.453 e. The second-order valence-corrected chi connectivity index (χ2v) is 7.48. The predicted molar refractivity (Wildman–Crippen MR) is 125 cm³/mol. The summed E-state index contributed by atoms with van der Waals surface area (Å²) in [5, 5.41) is -0.206. The van der Waals surface area contributed by atoms with Crippen molar-refractivity contribution in [3.63, 3.8) is 0 Å². The number of benzene rings is 3. The van der Waals surface area contributed by atoms with Gasteiger partial charge in [0.25, 0.3) is 5.76 Å². The van der Waals surface area contributed by atoms with Crippen LogP contribution in [0.2, 0.25) is 0 Å². The summed E-state index contributed by atoms with van der Waals surface area (Å²) in [5.74, 6) is -2.54. The maximum atomic E-state index is 13.8. The summed E-state index contributed by atoms with van der Waals surface area (Å²) < 4.78 is 72.3. The molecular weight excluding hydrogens is 497 g/mol. The van der Waals surface area contributed by atoms with Crippen LogP contribution in [0, 0.1) is 0 Å². The number of carbonyl (C=O) groups excluding carboxylic acids is 1. The lowest BCUT2D eigenvalue weighted by atomic mass is 10.2. The van der Waals surface area contributed by atoms with E-state index in [2.05, 4.69) is 0 Å². The van der Waals surface area contributed by atoms with Gasteiger partial charge in [-0.2, -0.15) is 13.2 Å². The number of esters is 1. The normalized spacial score (nSPS) is 11.2. The molecule has 8 nitrogen and oxygen atoms in total. The highest BCUT2D eigenvalue weighted by Gasteiger charge is 2.40. The van der Waals surface area contributed by atoms with Crippen LogP contribution < -0.4 is 29.1 Å². The fraction of sp³-hybridized carbons (Fsp3) is 0.154. The van der Waals surface area contributed by atoms with Gasteiger partial charge < -0.3 is 28.1 Å². The highest BCUT2D eigenvalue weighted by atomic mass is 19.4. The summed E-state index contributed by atoms with van der Waals surface area (Å²) in [6.07, 6.45) is -5.05. The molecule has 0 fully saturated rings. The molecule has 0 radical (unpaired) electrons. The van der Waals surface area contributed by atoms with Crippen molar-refractivity contribution in [2.45, 2.75) is 6.18 Å². The van der Waals surface area contributed by atoms with Crippen LogP contribution in [0.4, 0.5) is 13.2 Å². The number of methoxy groups -OCH3 is 3. The Morgan fingerprint density at radius 3 is 2.05 bits per heavy atom. The Kier molecular flexibility index (Phi) is 6.96. The lowest BCUT2D eigenvalue weighted by Gasteiger charge is -2.14. The number of ether oxygens (including phenoxy) is 5. The Balaban J connectivity index is 1.70. The first-order chi connectivity index (χ1) is 17.6. The van der Waals surface area contributed by atoms with E-state index in [0.717, 1.165) is 6.07 Å². The monoisotopic (exact) mass is 516 g/mol. The Labute approximate surface area is 207 Å². The van der Waals surface area contributed by atoms with Crippen molar-refractivity contribution in [3.05, 3.63) is 82.2 Å². The van der Waals surface area contributed by atoms with Crippen LogP contribution in [0.25, 0.3) is 11.0 Å². The number of rotatable bonds is 7. The second kappa shape index (κ2) is 10.1. The molecule has 0 unspecified atom stereocenters. The first kappa shape index (κ1) is 25.4. The van der Waals surface area contributed by atoms with Crippen molar-refractivity contribution < 1.29 is 46.1 Å². The Bertz CT molecular complexity index is 1510. The van der Waals surface area contributed by atoms with Crippen LogP contribution in [0.5, 0.6) is 34.5 Å². The Hall–Kier alpha value is -4.67. The molecule has 0 bridgehead atoms. The average molecular weight is 516 g/mol. The zero-order valence-electron chi connectivity index (χ0n) is 19.7. The number of halogens is 3. The summed E-state index contributed by atoms with van der Waals surface area (Å²) >= 11 is 0. The van der Waals surface area contributed by atoms with Crippen molar-refractivity contribution >= 4 is 16.9 Å². The fourth-order valence-electron chi connectivity index (χ4n) is 3.39. The molecular formula is C26H19F3O8. The largest absolute Gasteiger partial charge is 0.497 e. The molecule has 11 heteroatoms. The first-order valence-electron chi connectivity index (χ1n) is 10.6. The zero-order valence-corrected chi connectivity index (χ0v) is 19.7. The van der Waals surface area contributed by atoms with Crippen LogP contribution in [0.1, 0.15) is 16.1 Å². The van der Waals surface area contributed by atoms with Crippen LogP contribution in [0.3, 0.4) is 0 Å². The molecule has 1 aromatic heterocycles. The molecule has 0 aliphatic rings. The molecule has 1 heterocycles. The van der Waals surface area contributed by atoms with Gasteiger partial charge in [0.2, 0.25) is 11.2 Å². The van der Waals surface area contributed by atoms with Crippen molar-refractivity contribution in [1.29, 1.82) is 0 Å². The molecule has 3 aromatic carbocycles. The number of hydrogen-bond acceptors (Lipinski definition) is 8. The SMILES string of the molecule is COc1ccc(Oc2c(C(F)(F)F)oc3cc(OC(=O)c4ccc(OC)c(OC)c4)ccc3c2=O)cc1. The van der Waals surface area contributed by atoms with Crippen LogP contribution >= 0.6 is 0 Å². The molecule has 0 atom stereocenters. The second-order valence-electron chi connectivity index (χ2n) is 7.48. The molecule has 0 amide bonds. The van der Waals surface area contributed by atoms with E-state index >= 15 is 0 Å². The Morgan fingerprint density at radius 1 is 0.784 bits per heavy atom. The van der Waals surface area contributed by atoms with Gasteiger partial charge in [-0.1, -0.05) is 0 Å². The highest BCUT2D eigenvalue weighted by Crippen LogP contribution is 2.39. The van der Waals surface area contributed by atoms with E-state index in [1.807, 2.05) is 0 Å². The molecule has 4 rings (SSSR count). The van der Waals surface area contributed by atoms with Crippen molar-refractivity contribution in [3.8, 4) is 34.5 Å².